The molecule has 1 saturated heterocycles. The molecule has 0 bridgehead atoms. The van der Waals surface area contributed by atoms with E-state index in [4.69, 9.17) is 18.9 Å². The molecule has 1 heterocycles. The number of carbonyl (C=O) groups excluding carboxylic acids is 1. The molecule has 5 heteroatoms. The van der Waals surface area contributed by atoms with Crippen molar-refractivity contribution in [3.05, 3.63) is 0 Å². The minimum Gasteiger partial charge on any atom is -0.435 e. The summed E-state index contributed by atoms with van der Waals surface area (Å²) >= 11 is 0. The standard InChI is InChI=1S/C16H28O5/c1-2-19-15(17)21-16(13-20-16)10-5-6-11-18-12-9-14-7-3-4-8-14/h14H,2-13H2,1H3. The first-order valence-electron chi connectivity index (χ1n) is 8.31. The Labute approximate surface area is 127 Å². The lowest BCUT2D eigenvalue weighted by molar-refractivity contribution is -0.0387. The lowest BCUT2D eigenvalue weighted by Gasteiger charge is -2.13. The van der Waals surface area contributed by atoms with E-state index in [2.05, 4.69) is 0 Å². The summed E-state index contributed by atoms with van der Waals surface area (Å²) in [5, 5.41) is 0. The summed E-state index contributed by atoms with van der Waals surface area (Å²) < 4.78 is 20.8. The summed E-state index contributed by atoms with van der Waals surface area (Å²) in [5.41, 5.74) is 0. The van der Waals surface area contributed by atoms with Crippen molar-refractivity contribution in [1.82, 2.24) is 0 Å². The summed E-state index contributed by atoms with van der Waals surface area (Å²) in [6.45, 7) is 4.22. The first kappa shape index (κ1) is 16.6. The molecule has 21 heavy (non-hydrogen) atoms. The Kier molecular flexibility index (Phi) is 6.77. The summed E-state index contributed by atoms with van der Waals surface area (Å²) in [6, 6.07) is 0. The van der Waals surface area contributed by atoms with E-state index in [-0.39, 0.29) is 0 Å². The second kappa shape index (κ2) is 8.59. The quantitative estimate of drug-likeness (QED) is 0.350. The van der Waals surface area contributed by atoms with Gasteiger partial charge in [0, 0.05) is 19.6 Å². The highest BCUT2D eigenvalue weighted by Crippen LogP contribution is 2.34. The number of carbonyl (C=O) groups is 1. The fraction of sp³-hybridized carbons (Fsp3) is 0.938. The van der Waals surface area contributed by atoms with Gasteiger partial charge >= 0.3 is 6.16 Å². The van der Waals surface area contributed by atoms with Crippen molar-refractivity contribution in [2.24, 2.45) is 5.92 Å². The smallest absolute Gasteiger partial charge is 0.435 e. The Morgan fingerprint density at radius 2 is 2.00 bits per heavy atom. The highest BCUT2D eigenvalue weighted by atomic mass is 16.8. The molecule has 122 valence electrons. The Hall–Kier alpha value is -0.810. The average molecular weight is 300 g/mol. The van der Waals surface area contributed by atoms with Gasteiger partial charge in [-0.25, -0.2) is 4.79 Å². The molecule has 2 fully saturated rings. The van der Waals surface area contributed by atoms with Gasteiger partial charge < -0.3 is 18.9 Å². The van der Waals surface area contributed by atoms with Crippen LogP contribution in [0.15, 0.2) is 0 Å². The van der Waals surface area contributed by atoms with Crippen molar-refractivity contribution in [3.8, 4) is 0 Å². The first-order valence-corrected chi connectivity index (χ1v) is 8.31. The van der Waals surface area contributed by atoms with Crippen molar-refractivity contribution in [2.75, 3.05) is 26.4 Å². The maximum atomic E-state index is 11.2. The fourth-order valence-electron chi connectivity index (χ4n) is 2.88. The van der Waals surface area contributed by atoms with Crippen molar-refractivity contribution in [3.63, 3.8) is 0 Å². The van der Waals surface area contributed by atoms with Gasteiger partial charge in [0.15, 0.2) is 0 Å². The van der Waals surface area contributed by atoms with Crippen LogP contribution < -0.4 is 0 Å². The molecule has 0 spiro atoms. The topological polar surface area (TPSA) is 57.3 Å². The van der Waals surface area contributed by atoms with Crippen LogP contribution in [-0.2, 0) is 18.9 Å². The summed E-state index contributed by atoms with van der Waals surface area (Å²) in [7, 11) is 0. The molecule has 1 unspecified atom stereocenters. The second-order valence-corrected chi connectivity index (χ2v) is 5.99. The van der Waals surface area contributed by atoms with E-state index in [0.29, 0.717) is 13.2 Å². The molecule has 1 atom stereocenters. The van der Waals surface area contributed by atoms with E-state index < -0.39 is 11.9 Å². The van der Waals surface area contributed by atoms with E-state index in [1.807, 2.05) is 0 Å². The molecule has 1 aliphatic heterocycles. The van der Waals surface area contributed by atoms with Gasteiger partial charge in [0.25, 0.3) is 0 Å². The zero-order valence-corrected chi connectivity index (χ0v) is 13.1. The van der Waals surface area contributed by atoms with Crippen LogP contribution in [0.25, 0.3) is 0 Å². The molecule has 2 aliphatic rings. The van der Waals surface area contributed by atoms with Gasteiger partial charge in [0.05, 0.1) is 6.61 Å². The summed E-state index contributed by atoms with van der Waals surface area (Å²) in [4.78, 5) is 11.2. The van der Waals surface area contributed by atoms with Crippen LogP contribution >= 0.6 is 0 Å². The van der Waals surface area contributed by atoms with Crippen LogP contribution in [0, 0.1) is 5.92 Å². The fourth-order valence-corrected chi connectivity index (χ4v) is 2.88. The van der Waals surface area contributed by atoms with Crippen molar-refractivity contribution < 1.29 is 23.7 Å². The van der Waals surface area contributed by atoms with Crippen LogP contribution in [0.3, 0.4) is 0 Å². The predicted molar refractivity (Wildman–Crippen MR) is 78.0 cm³/mol. The number of hydrogen-bond acceptors (Lipinski definition) is 5. The van der Waals surface area contributed by atoms with Crippen molar-refractivity contribution >= 4 is 6.16 Å². The molecular weight excluding hydrogens is 272 g/mol. The molecule has 1 aliphatic carbocycles. The molecule has 0 amide bonds. The van der Waals surface area contributed by atoms with Crippen molar-refractivity contribution in [1.29, 1.82) is 0 Å². The third-order valence-corrected chi connectivity index (χ3v) is 4.24. The molecule has 0 radical (unpaired) electrons. The van der Waals surface area contributed by atoms with E-state index in [1.165, 1.54) is 32.1 Å². The highest BCUT2D eigenvalue weighted by molar-refractivity contribution is 5.60. The third-order valence-electron chi connectivity index (χ3n) is 4.24. The summed E-state index contributed by atoms with van der Waals surface area (Å²) in [5.74, 6) is 0.182. The van der Waals surface area contributed by atoms with Crippen LogP contribution in [-0.4, -0.2) is 38.4 Å². The van der Waals surface area contributed by atoms with E-state index >= 15 is 0 Å². The van der Waals surface area contributed by atoms with Crippen LogP contribution in [0.5, 0.6) is 0 Å². The van der Waals surface area contributed by atoms with Gasteiger partial charge in [-0.1, -0.05) is 25.7 Å². The Balaban J connectivity index is 1.43. The summed E-state index contributed by atoms with van der Waals surface area (Å²) in [6.07, 6.45) is 8.76. The van der Waals surface area contributed by atoms with Gasteiger partial charge in [0.1, 0.15) is 6.61 Å². The van der Waals surface area contributed by atoms with Gasteiger partial charge in [-0.15, -0.1) is 0 Å². The minimum atomic E-state index is -0.712. The molecule has 5 nitrogen and oxygen atoms in total. The molecule has 0 N–H and O–H groups in total. The SMILES string of the molecule is CCOC(=O)OC1(CCCCOCCC2CCCC2)CO1. The second-order valence-electron chi connectivity index (χ2n) is 5.99. The molecule has 0 aromatic heterocycles. The molecule has 0 aromatic carbocycles. The maximum Gasteiger partial charge on any atom is 0.510 e. The average Bonchev–Trinajstić information content (AvgIpc) is 3.01. The van der Waals surface area contributed by atoms with Crippen LogP contribution in [0.1, 0.15) is 58.3 Å². The monoisotopic (exact) mass is 300 g/mol. The number of unbranched alkanes of at least 4 members (excludes halogenated alkanes) is 1. The molecule has 0 aromatic rings. The number of rotatable bonds is 10. The first-order chi connectivity index (χ1) is 10.2. The molecule has 2 rings (SSSR count). The van der Waals surface area contributed by atoms with E-state index in [0.717, 1.165) is 38.4 Å². The van der Waals surface area contributed by atoms with Crippen molar-refractivity contribution in [2.45, 2.75) is 64.1 Å². The van der Waals surface area contributed by atoms with Gasteiger partial charge in [0.2, 0.25) is 5.79 Å². The predicted octanol–water partition coefficient (Wildman–Crippen LogP) is 3.65. The van der Waals surface area contributed by atoms with Gasteiger partial charge in [-0.2, -0.15) is 0 Å². The zero-order chi connectivity index (χ0) is 15.0. The van der Waals surface area contributed by atoms with Gasteiger partial charge in [-0.3, -0.25) is 0 Å². The van der Waals surface area contributed by atoms with Gasteiger partial charge in [-0.05, 0) is 32.1 Å². The molecular formula is C16H28O5. The Morgan fingerprint density at radius 3 is 2.67 bits per heavy atom. The largest absolute Gasteiger partial charge is 0.510 e. The number of hydrogen-bond donors (Lipinski definition) is 0. The van der Waals surface area contributed by atoms with Crippen LogP contribution in [0.2, 0.25) is 0 Å². The normalized spacial score (nSPS) is 25.0. The lowest BCUT2D eigenvalue weighted by Crippen LogP contribution is -2.22. The highest BCUT2D eigenvalue weighted by Gasteiger charge is 2.49. The third kappa shape index (κ3) is 6.22. The Bertz CT molecular complexity index is 308. The van der Waals surface area contributed by atoms with Crippen LogP contribution in [0.4, 0.5) is 4.79 Å². The lowest BCUT2D eigenvalue weighted by atomic mass is 10.1. The minimum absolute atomic E-state index is 0.323. The number of ether oxygens (including phenoxy) is 4. The Morgan fingerprint density at radius 1 is 1.24 bits per heavy atom. The van der Waals surface area contributed by atoms with E-state index in [9.17, 15) is 4.79 Å². The zero-order valence-electron chi connectivity index (χ0n) is 13.1. The van der Waals surface area contributed by atoms with E-state index in [1.54, 1.807) is 6.92 Å². The molecule has 1 saturated carbocycles. The number of epoxide rings is 1. The maximum absolute atomic E-state index is 11.2.